The molecular weight excluding hydrogens is 510 g/mol. The number of hydrogen-bond donors (Lipinski definition) is 0. The van der Waals surface area contributed by atoms with Crippen molar-refractivity contribution < 1.29 is 23.9 Å². The predicted molar refractivity (Wildman–Crippen MR) is 146 cm³/mol. The number of rotatable bonds is 9. The fraction of sp³-hybridized carbons (Fsp3) is 0.483. The number of benzene rings is 1. The standard InChI is InChI=1S/C29H34ClNO5S/c1-29(2,3)12-11-24-19-22(27(37-24)28(34)35-4)17-20(18-26(33)31-13-15-36-16-14-31)5-10-25(32)21-6-8-23(30)9-7-21/h6-9,19-20H,5,10,13-18H2,1-4H3. The van der Waals surface area contributed by atoms with Crippen LogP contribution in [-0.2, 0) is 20.7 Å². The van der Waals surface area contributed by atoms with E-state index in [9.17, 15) is 14.4 Å². The summed E-state index contributed by atoms with van der Waals surface area (Å²) in [5.74, 6) is 5.87. The first kappa shape index (κ1) is 28.9. The third kappa shape index (κ3) is 8.99. The van der Waals surface area contributed by atoms with Crippen LogP contribution in [0.3, 0.4) is 0 Å². The maximum absolute atomic E-state index is 13.1. The number of esters is 1. The van der Waals surface area contributed by atoms with Crippen LogP contribution in [0.2, 0.25) is 5.02 Å². The van der Waals surface area contributed by atoms with Gasteiger partial charge in [0.1, 0.15) is 4.88 Å². The zero-order chi connectivity index (χ0) is 27.0. The summed E-state index contributed by atoms with van der Waals surface area (Å²) in [5, 5.41) is 0.573. The highest BCUT2D eigenvalue weighted by molar-refractivity contribution is 7.14. The molecule has 1 atom stereocenters. The summed E-state index contributed by atoms with van der Waals surface area (Å²) in [7, 11) is 1.36. The average Bonchev–Trinajstić information content (AvgIpc) is 3.28. The second kappa shape index (κ2) is 13.2. The molecule has 1 aromatic heterocycles. The Morgan fingerprint density at radius 1 is 1.16 bits per heavy atom. The predicted octanol–water partition coefficient (Wildman–Crippen LogP) is 5.66. The lowest BCUT2D eigenvalue weighted by Crippen LogP contribution is -2.41. The quantitative estimate of drug-likeness (QED) is 0.232. The van der Waals surface area contributed by atoms with Crippen molar-refractivity contribution in [1.82, 2.24) is 4.90 Å². The molecule has 0 saturated carbocycles. The molecule has 1 fully saturated rings. The van der Waals surface area contributed by atoms with E-state index in [-0.39, 0.29) is 35.9 Å². The number of ether oxygens (including phenoxy) is 2. The third-order valence-electron chi connectivity index (χ3n) is 6.02. The molecule has 0 bridgehead atoms. The number of ketones is 1. The molecule has 198 valence electrons. The van der Waals surface area contributed by atoms with Gasteiger partial charge in [-0.15, -0.1) is 11.3 Å². The van der Waals surface area contributed by atoms with E-state index in [0.29, 0.717) is 54.6 Å². The van der Waals surface area contributed by atoms with Gasteiger partial charge in [0.05, 0.1) is 25.2 Å². The molecule has 1 aliphatic heterocycles. The highest BCUT2D eigenvalue weighted by Gasteiger charge is 2.25. The van der Waals surface area contributed by atoms with Gasteiger partial charge in [0.25, 0.3) is 0 Å². The SMILES string of the molecule is COC(=O)c1sc(C#CC(C)(C)C)cc1CC(CCC(=O)c1ccc(Cl)cc1)CC(=O)N1CCOCC1. The van der Waals surface area contributed by atoms with Gasteiger partial charge in [-0.1, -0.05) is 23.4 Å². The molecule has 0 N–H and O–H groups in total. The van der Waals surface area contributed by atoms with Crippen molar-refractivity contribution in [2.45, 2.75) is 46.5 Å². The van der Waals surface area contributed by atoms with Crippen molar-refractivity contribution in [3.05, 3.63) is 56.2 Å². The Kier molecular flexibility index (Phi) is 10.3. The van der Waals surface area contributed by atoms with Crippen LogP contribution in [0.15, 0.2) is 30.3 Å². The molecule has 1 amide bonds. The van der Waals surface area contributed by atoms with E-state index >= 15 is 0 Å². The van der Waals surface area contributed by atoms with Crippen molar-refractivity contribution in [2.24, 2.45) is 11.3 Å². The Bertz CT molecular complexity index is 1160. The number of halogens is 1. The lowest BCUT2D eigenvalue weighted by atomic mass is 9.89. The fourth-order valence-electron chi connectivity index (χ4n) is 4.05. The molecule has 1 aromatic carbocycles. The van der Waals surface area contributed by atoms with Crippen molar-refractivity contribution in [2.75, 3.05) is 33.4 Å². The third-order valence-corrected chi connectivity index (χ3v) is 7.35. The summed E-state index contributed by atoms with van der Waals surface area (Å²) in [4.78, 5) is 41.6. The van der Waals surface area contributed by atoms with Crippen molar-refractivity contribution in [3.63, 3.8) is 0 Å². The number of thiophene rings is 1. The molecule has 2 heterocycles. The normalized spacial score (nSPS) is 14.5. The molecule has 0 spiro atoms. The van der Waals surface area contributed by atoms with E-state index in [2.05, 4.69) is 11.8 Å². The zero-order valence-electron chi connectivity index (χ0n) is 21.9. The number of nitrogens with zero attached hydrogens (tertiary/aromatic N) is 1. The first-order valence-corrected chi connectivity index (χ1v) is 13.6. The van der Waals surface area contributed by atoms with Crippen LogP contribution in [0.5, 0.6) is 0 Å². The minimum Gasteiger partial charge on any atom is -0.465 e. The van der Waals surface area contributed by atoms with E-state index < -0.39 is 5.97 Å². The monoisotopic (exact) mass is 543 g/mol. The average molecular weight is 544 g/mol. The van der Waals surface area contributed by atoms with Gasteiger partial charge in [-0.05, 0) is 75.4 Å². The summed E-state index contributed by atoms with van der Waals surface area (Å²) >= 11 is 7.26. The summed E-state index contributed by atoms with van der Waals surface area (Å²) < 4.78 is 10.4. The Morgan fingerprint density at radius 2 is 1.84 bits per heavy atom. The molecule has 37 heavy (non-hydrogen) atoms. The van der Waals surface area contributed by atoms with Crippen LogP contribution in [0.25, 0.3) is 0 Å². The molecule has 8 heteroatoms. The number of Topliss-reactive ketones (excluding diaryl/α,β-unsaturated/α-hetero) is 1. The van der Waals surface area contributed by atoms with Gasteiger partial charge in [-0.2, -0.15) is 0 Å². The van der Waals surface area contributed by atoms with Gasteiger partial charge in [0.2, 0.25) is 5.91 Å². The number of morpholine rings is 1. The topological polar surface area (TPSA) is 72.9 Å². The van der Waals surface area contributed by atoms with E-state index in [1.807, 2.05) is 31.7 Å². The molecular formula is C29H34ClNO5S. The lowest BCUT2D eigenvalue weighted by molar-refractivity contribution is -0.136. The smallest absolute Gasteiger partial charge is 0.348 e. The van der Waals surface area contributed by atoms with Crippen LogP contribution < -0.4 is 0 Å². The van der Waals surface area contributed by atoms with E-state index in [0.717, 1.165) is 10.4 Å². The lowest BCUT2D eigenvalue weighted by Gasteiger charge is -2.28. The molecule has 3 rings (SSSR count). The first-order chi connectivity index (χ1) is 17.6. The Hall–Kier alpha value is -2.66. The molecule has 2 aromatic rings. The number of carbonyl (C=O) groups excluding carboxylic acids is 3. The van der Waals surface area contributed by atoms with Crippen LogP contribution in [0.4, 0.5) is 0 Å². The summed E-state index contributed by atoms with van der Waals surface area (Å²) in [5.41, 5.74) is 1.21. The first-order valence-electron chi connectivity index (χ1n) is 12.4. The van der Waals surface area contributed by atoms with Gasteiger partial charge in [0, 0.05) is 41.9 Å². The van der Waals surface area contributed by atoms with Gasteiger partial charge in [-0.3, -0.25) is 9.59 Å². The molecule has 6 nitrogen and oxygen atoms in total. The highest BCUT2D eigenvalue weighted by atomic mass is 35.5. The number of amides is 1. The minimum absolute atomic E-state index is 0.00395. The van der Waals surface area contributed by atoms with Crippen LogP contribution in [0, 0.1) is 23.2 Å². The van der Waals surface area contributed by atoms with Gasteiger partial charge < -0.3 is 14.4 Å². The minimum atomic E-state index is -0.417. The van der Waals surface area contributed by atoms with E-state index in [1.165, 1.54) is 18.4 Å². The van der Waals surface area contributed by atoms with Crippen molar-refractivity contribution in [1.29, 1.82) is 0 Å². The van der Waals surface area contributed by atoms with Gasteiger partial charge in [-0.25, -0.2) is 4.79 Å². The van der Waals surface area contributed by atoms with Crippen molar-refractivity contribution in [3.8, 4) is 11.8 Å². The molecule has 0 radical (unpaired) electrons. The molecule has 0 aliphatic carbocycles. The maximum Gasteiger partial charge on any atom is 0.348 e. The largest absolute Gasteiger partial charge is 0.465 e. The summed E-state index contributed by atoms with van der Waals surface area (Å²) in [6, 6.07) is 8.74. The Balaban J connectivity index is 1.82. The number of hydrogen-bond acceptors (Lipinski definition) is 6. The van der Waals surface area contributed by atoms with Gasteiger partial charge >= 0.3 is 5.97 Å². The number of carbonyl (C=O) groups is 3. The van der Waals surface area contributed by atoms with Crippen LogP contribution >= 0.6 is 22.9 Å². The zero-order valence-corrected chi connectivity index (χ0v) is 23.5. The number of methoxy groups -OCH3 is 1. The van der Waals surface area contributed by atoms with Crippen LogP contribution in [0.1, 0.15) is 70.5 Å². The van der Waals surface area contributed by atoms with E-state index in [1.54, 1.807) is 24.3 Å². The van der Waals surface area contributed by atoms with Crippen LogP contribution in [-0.4, -0.2) is 56.0 Å². The fourth-order valence-corrected chi connectivity index (χ4v) is 5.14. The van der Waals surface area contributed by atoms with Gasteiger partial charge in [0.15, 0.2) is 5.78 Å². The highest BCUT2D eigenvalue weighted by Crippen LogP contribution is 2.29. The molecule has 1 unspecified atom stereocenters. The maximum atomic E-state index is 13.1. The second-order valence-electron chi connectivity index (χ2n) is 10.2. The molecule has 1 saturated heterocycles. The summed E-state index contributed by atoms with van der Waals surface area (Å²) in [6.45, 7) is 8.26. The molecule has 1 aliphatic rings. The van der Waals surface area contributed by atoms with E-state index in [4.69, 9.17) is 21.1 Å². The Morgan fingerprint density at radius 3 is 2.46 bits per heavy atom. The van der Waals surface area contributed by atoms with Crippen molar-refractivity contribution >= 4 is 40.6 Å². The Labute approximate surface area is 228 Å². The second-order valence-corrected chi connectivity index (χ2v) is 11.7. The summed E-state index contributed by atoms with van der Waals surface area (Å²) in [6.07, 6.45) is 1.56.